The van der Waals surface area contributed by atoms with Crippen molar-refractivity contribution in [1.29, 1.82) is 0 Å². The summed E-state index contributed by atoms with van der Waals surface area (Å²) in [6.45, 7) is 2.12. The summed E-state index contributed by atoms with van der Waals surface area (Å²) in [7, 11) is 4.25. The highest BCUT2D eigenvalue weighted by Gasteiger charge is 2.20. The van der Waals surface area contributed by atoms with Crippen LogP contribution < -0.4 is 10.8 Å². The molecule has 0 amide bonds. The fourth-order valence-electron chi connectivity index (χ4n) is 3.72. The van der Waals surface area contributed by atoms with Gasteiger partial charge in [-0.05, 0) is 44.4 Å². The summed E-state index contributed by atoms with van der Waals surface area (Å²) in [6, 6.07) is 10.5. The zero-order valence-corrected chi connectivity index (χ0v) is 16.0. The van der Waals surface area contributed by atoms with E-state index >= 15 is 0 Å². The molecular weight excluding hydrogens is 345 g/mol. The van der Waals surface area contributed by atoms with Crippen LogP contribution in [0.3, 0.4) is 0 Å². The van der Waals surface area contributed by atoms with Crippen LogP contribution in [-0.4, -0.2) is 53.5 Å². The molecule has 5 nitrogen and oxygen atoms in total. The molecule has 0 aliphatic carbocycles. The molecule has 7 heteroatoms. The second-order valence-corrected chi connectivity index (χ2v) is 7.47. The molecule has 0 bridgehead atoms. The Morgan fingerprint density at radius 1 is 1.35 bits per heavy atom. The lowest BCUT2D eigenvalue weighted by Crippen LogP contribution is -2.27. The van der Waals surface area contributed by atoms with E-state index in [0.717, 1.165) is 41.2 Å². The van der Waals surface area contributed by atoms with Crippen LogP contribution in [0.1, 0.15) is 19.3 Å². The lowest BCUT2D eigenvalue weighted by Gasteiger charge is -2.20. The number of nitrogens with one attached hydrogen (secondary N) is 1. The predicted octanol–water partition coefficient (Wildman–Crippen LogP) is 2.20. The van der Waals surface area contributed by atoms with Gasteiger partial charge in [0.15, 0.2) is 5.65 Å². The van der Waals surface area contributed by atoms with Crippen molar-refractivity contribution in [1.82, 2.24) is 19.5 Å². The first-order chi connectivity index (χ1) is 12.6. The first-order valence-corrected chi connectivity index (χ1v) is 9.55. The highest BCUT2D eigenvalue weighted by atomic mass is 35.5. The Morgan fingerprint density at radius 3 is 2.96 bits per heavy atom. The molecule has 0 spiro atoms. The monoisotopic (exact) mass is 367 g/mol. The van der Waals surface area contributed by atoms with Gasteiger partial charge < -0.3 is 10.2 Å². The minimum absolute atomic E-state index is 0.669. The van der Waals surface area contributed by atoms with E-state index in [0.29, 0.717) is 11.1 Å². The van der Waals surface area contributed by atoms with Crippen molar-refractivity contribution in [2.45, 2.75) is 25.3 Å². The van der Waals surface area contributed by atoms with E-state index in [-0.39, 0.29) is 0 Å². The first kappa shape index (κ1) is 17.4. The zero-order valence-electron chi connectivity index (χ0n) is 15.2. The van der Waals surface area contributed by atoms with Crippen molar-refractivity contribution in [3.05, 3.63) is 41.6 Å². The quantitative estimate of drug-likeness (QED) is 0.702. The molecule has 1 aliphatic heterocycles. The molecule has 0 saturated carbocycles. The Kier molecular flexibility index (Phi) is 4.87. The fourth-order valence-corrected chi connectivity index (χ4v) is 3.95. The average molecular weight is 368 g/mol. The van der Waals surface area contributed by atoms with Crippen molar-refractivity contribution in [2.75, 3.05) is 25.5 Å². The third-order valence-electron chi connectivity index (χ3n) is 5.25. The number of hydrogen-bond donors (Lipinski definition) is 1. The largest absolute Gasteiger partial charge is 0.370 e. The number of halogens is 1. The topological polar surface area (TPSA) is 45.5 Å². The van der Waals surface area contributed by atoms with E-state index in [4.69, 9.17) is 16.6 Å². The van der Waals surface area contributed by atoms with Gasteiger partial charge in [-0.25, -0.2) is 4.98 Å². The maximum Gasteiger partial charge on any atom is 0.151 e. The number of anilines is 1. The van der Waals surface area contributed by atoms with Crippen molar-refractivity contribution < 1.29 is 0 Å². The summed E-state index contributed by atoms with van der Waals surface area (Å²) in [5.74, 6) is 0.957. The minimum Gasteiger partial charge on any atom is -0.370 e. The van der Waals surface area contributed by atoms with Crippen LogP contribution in [0.15, 0.2) is 36.5 Å². The van der Waals surface area contributed by atoms with Crippen molar-refractivity contribution in [3.8, 4) is 11.3 Å². The first-order valence-electron chi connectivity index (χ1n) is 9.18. The number of rotatable bonds is 5. The minimum atomic E-state index is 0.669. The van der Waals surface area contributed by atoms with E-state index in [1.165, 1.54) is 19.4 Å². The van der Waals surface area contributed by atoms with Gasteiger partial charge in [-0.2, -0.15) is 9.61 Å². The van der Waals surface area contributed by atoms with Crippen LogP contribution >= 0.6 is 11.6 Å². The molecule has 1 aromatic carbocycles. The Morgan fingerprint density at radius 2 is 2.19 bits per heavy atom. The van der Waals surface area contributed by atoms with Gasteiger partial charge in [0.1, 0.15) is 13.7 Å². The van der Waals surface area contributed by atoms with Gasteiger partial charge in [0.25, 0.3) is 0 Å². The van der Waals surface area contributed by atoms with Gasteiger partial charge in [-0.3, -0.25) is 0 Å². The second-order valence-electron chi connectivity index (χ2n) is 7.06. The molecule has 1 atom stereocenters. The lowest BCUT2D eigenvalue weighted by atomic mass is 10.0. The third kappa shape index (κ3) is 3.31. The van der Waals surface area contributed by atoms with Crippen LogP contribution in [0, 0.1) is 0 Å². The number of benzene rings is 1. The Balaban J connectivity index is 1.63. The van der Waals surface area contributed by atoms with Gasteiger partial charge in [-0.15, -0.1) is 0 Å². The molecule has 1 N–H and O–H groups in total. The number of hydrogen-bond acceptors (Lipinski definition) is 4. The SMILES string of the molecule is Bc1cnn2c(NCCC3CCCN3C)cc(-c3ccccc3Cl)nc12. The van der Waals surface area contributed by atoms with Crippen molar-refractivity contribution in [2.24, 2.45) is 0 Å². The van der Waals surface area contributed by atoms with Crippen molar-refractivity contribution in [3.63, 3.8) is 0 Å². The summed E-state index contributed by atoms with van der Waals surface area (Å²) in [6.07, 6.45) is 5.57. The molecule has 3 aromatic rings. The Bertz CT molecular complexity index is 925. The highest BCUT2D eigenvalue weighted by Crippen LogP contribution is 2.28. The van der Waals surface area contributed by atoms with Gasteiger partial charge in [0, 0.05) is 35.4 Å². The third-order valence-corrected chi connectivity index (χ3v) is 5.58. The van der Waals surface area contributed by atoms with Gasteiger partial charge in [-0.1, -0.05) is 29.8 Å². The van der Waals surface area contributed by atoms with E-state index in [2.05, 4.69) is 22.4 Å². The molecular formula is C19H23BClN5. The molecule has 0 radical (unpaired) electrons. The van der Waals surface area contributed by atoms with Gasteiger partial charge >= 0.3 is 0 Å². The zero-order chi connectivity index (χ0) is 18.1. The summed E-state index contributed by atoms with van der Waals surface area (Å²) in [4.78, 5) is 7.25. The summed E-state index contributed by atoms with van der Waals surface area (Å²) in [5, 5.41) is 8.77. The number of fused-ring (bicyclic) bond motifs is 1. The predicted molar refractivity (Wildman–Crippen MR) is 110 cm³/mol. The maximum absolute atomic E-state index is 6.39. The van der Waals surface area contributed by atoms with Crippen LogP contribution in [0.5, 0.6) is 0 Å². The Labute approximate surface area is 159 Å². The number of nitrogens with zero attached hydrogens (tertiary/aromatic N) is 4. The molecule has 4 rings (SSSR count). The van der Waals surface area contributed by atoms with Crippen LogP contribution in [0.4, 0.5) is 5.82 Å². The molecule has 1 saturated heterocycles. The van der Waals surface area contributed by atoms with E-state index in [1.807, 2.05) is 48.9 Å². The molecule has 134 valence electrons. The molecule has 1 aliphatic rings. The smallest absolute Gasteiger partial charge is 0.151 e. The summed E-state index contributed by atoms with van der Waals surface area (Å²) < 4.78 is 1.88. The average Bonchev–Trinajstić information content (AvgIpc) is 3.22. The summed E-state index contributed by atoms with van der Waals surface area (Å²) >= 11 is 6.39. The molecule has 1 fully saturated rings. The van der Waals surface area contributed by atoms with E-state index < -0.39 is 0 Å². The normalized spacial score (nSPS) is 17.8. The standard InChI is InChI=1S/C19H23BClN5/c1-25-10-4-5-13(25)8-9-22-18-11-17(14-6-2-3-7-16(14)21)24-19-15(20)12-23-26(18)19/h2-3,6-7,11-13,22H,4-5,8-10,20H2,1H3. The molecule has 3 heterocycles. The molecule has 1 unspecified atom stereocenters. The number of aromatic nitrogens is 3. The fraction of sp³-hybridized carbons (Fsp3) is 0.368. The van der Waals surface area contributed by atoms with Gasteiger partial charge in [0.2, 0.25) is 0 Å². The molecule has 2 aromatic heterocycles. The number of likely N-dealkylation sites (tertiary alicyclic amines) is 1. The highest BCUT2D eigenvalue weighted by molar-refractivity contribution is 6.36. The van der Waals surface area contributed by atoms with Crippen LogP contribution in [-0.2, 0) is 0 Å². The lowest BCUT2D eigenvalue weighted by molar-refractivity contribution is 0.301. The Hall–Kier alpha value is -2.05. The van der Waals surface area contributed by atoms with Gasteiger partial charge in [0.05, 0.1) is 5.69 Å². The van der Waals surface area contributed by atoms with Crippen LogP contribution in [0.2, 0.25) is 5.02 Å². The second kappa shape index (κ2) is 7.29. The van der Waals surface area contributed by atoms with E-state index in [9.17, 15) is 0 Å². The maximum atomic E-state index is 6.39. The molecule has 26 heavy (non-hydrogen) atoms. The van der Waals surface area contributed by atoms with E-state index in [1.54, 1.807) is 0 Å². The summed E-state index contributed by atoms with van der Waals surface area (Å²) in [5.41, 5.74) is 3.73. The van der Waals surface area contributed by atoms with Crippen LogP contribution in [0.25, 0.3) is 16.9 Å². The van der Waals surface area contributed by atoms with Crippen molar-refractivity contribution >= 4 is 36.4 Å².